The van der Waals surface area contributed by atoms with Crippen LogP contribution < -0.4 is 5.32 Å². The molecule has 3 heterocycles. The van der Waals surface area contributed by atoms with Crippen molar-refractivity contribution < 1.29 is 0 Å². The third-order valence-corrected chi connectivity index (χ3v) is 4.23. The quantitative estimate of drug-likeness (QED) is 0.588. The summed E-state index contributed by atoms with van der Waals surface area (Å²) in [5, 5.41) is 12.4. The molecular weight excluding hydrogens is 312 g/mol. The number of fused-ring (bicyclic) bond motifs is 1. The number of hydrogen-bond acceptors (Lipinski definition) is 4. The van der Waals surface area contributed by atoms with Gasteiger partial charge in [-0.2, -0.15) is 14.7 Å². The van der Waals surface area contributed by atoms with Crippen molar-refractivity contribution in [2.24, 2.45) is 0 Å². The van der Waals surface area contributed by atoms with Gasteiger partial charge in [0.1, 0.15) is 5.82 Å². The fourth-order valence-electron chi connectivity index (χ4n) is 2.94. The largest absolute Gasteiger partial charge is 0.361 e. The van der Waals surface area contributed by atoms with Crippen LogP contribution >= 0.6 is 0 Å². The van der Waals surface area contributed by atoms with Gasteiger partial charge in [0, 0.05) is 30.2 Å². The first-order valence-corrected chi connectivity index (χ1v) is 8.46. The van der Waals surface area contributed by atoms with Crippen LogP contribution in [-0.4, -0.2) is 24.4 Å². The van der Waals surface area contributed by atoms with Crippen LogP contribution in [-0.2, 0) is 13.0 Å². The lowest BCUT2D eigenvalue weighted by atomic mass is 10.1. The van der Waals surface area contributed by atoms with Crippen molar-refractivity contribution in [1.29, 1.82) is 0 Å². The molecule has 0 amide bonds. The molecule has 1 aromatic carbocycles. The maximum absolute atomic E-state index is 4.61. The van der Waals surface area contributed by atoms with Crippen LogP contribution in [0, 0.1) is 0 Å². The van der Waals surface area contributed by atoms with Gasteiger partial charge in [0.05, 0.1) is 18.8 Å². The van der Waals surface area contributed by atoms with E-state index in [-0.39, 0.29) is 6.04 Å². The summed E-state index contributed by atoms with van der Waals surface area (Å²) in [6, 6.07) is 16.4. The zero-order chi connectivity index (χ0) is 17.1. The summed E-state index contributed by atoms with van der Waals surface area (Å²) < 4.78 is 3.78. The number of aryl methyl sites for hydroxylation is 1. The summed E-state index contributed by atoms with van der Waals surface area (Å²) in [5.41, 5.74) is 3.10. The van der Waals surface area contributed by atoms with Gasteiger partial charge >= 0.3 is 0 Å². The molecule has 0 aliphatic rings. The molecule has 126 valence electrons. The highest BCUT2D eigenvalue weighted by Gasteiger charge is 2.15. The molecule has 0 aliphatic carbocycles. The number of benzene rings is 1. The predicted octanol–water partition coefficient (Wildman–Crippen LogP) is 3.34. The number of aromatic nitrogens is 5. The minimum absolute atomic E-state index is 0.0700. The van der Waals surface area contributed by atoms with Gasteiger partial charge in [-0.15, -0.1) is 0 Å². The molecule has 0 saturated heterocycles. The fourth-order valence-corrected chi connectivity index (χ4v) is 2.94. The topological polar surface area (TPSA) is 60.0 Å². The first-order chi connectivity index (χ1) is 12.3. The van der Waals surface area contributed by atoms with Gasteiger partial charge < -0.3 is 5.32 Å². The third kappa shape index (κ3) is 3.24. The van der Waals surface area contributed by atoms with Crippen molar-refractivity contribution in [1.82, 2.24) is 24.4 Å². The normalized spacial score (nSPS) is 12.4. The maximum Gasteiger partial charge on any atom is 0.157 e. The van der Waals surface area contributed by atoms with E-state index in [0.29, 0.717) is 0 Å². The SMILES string of the molecule is CCc1cc(N[C@H](Cn2cccn2)c2ccccc2)n2nccc2n1. The molecule has 1 N–H and O–H groups in total. The molecule has 0 fully saturated rings. The van der Waals surface area contributed by atoms with Crippen LogP contribution in [0.25, 0.3) is 5.65 Å². The molecule has 0 aliphatic heterocycles. The zero-order valence-corrected chi connectivity index (χ0v) is 14.1. The van der Waals surface area contributed by atoms with Gasteiger partial charge in [-0.3, -0.25) is 4.68 Å². The second kappa shape index (κ2) is 6.76. The Morgan fingerprint density at radius 2 is 1.92 bits per heavy atom. The maximum atomic E-state index is 4.61. The second-order valence-corrected chi connectivity index (χ2v) is 5.92. The molecule has 25 heavy (non-hydrogen) atoms. The van der Waals surface area contributed by atoms with E-state index >= 15 is 0 Å². The minimum atomic E-state index is 0.0700. The first-order valence-electron chi connectivity index (χ1n) is 8.46. The van der Waals surface area contributed by atoms with Crippen molar-refractivity contribution in [2.45, 2.75) is 25.9 Å². The fraction of sp³-hybridized carbons (Fsp3) is 0.211. The molecule has 0 radical (unpaired) electrons. The molecule has 0 bridgehead atoms. The summed E-state index contributed by atoms with van der Waals surface area (Å²) in [6.45, 7) is 2.83. The highest BCUT2D eigenvalue weighted by Crippen LogP contribution is 2.22. The lowest BCUT2D eigenvalue weighted by Crippen LogP contribution is -2.20. The smallest absolute Gasteiger partial charge is 0.157 e. The van der Waals surface area contributed by atoms with Crippen LogP contribution in [0.2, 0.25) is 0 Å². The monoisotopic (exact) mass is 332 g/mol. The van der Waals surface area contributed by atoms with Gasteiger partial charge in [0.15, 0.2) is 5.65 Å². The lowest BCUT2D eigenvalue weighted by Gasteiger charge is -2.21. The van der Waals surface area contributed by atoms with Gasteiger partial charge in [-0.1, -0.05) is 37.3 Å². The molecule has 0 spiro atoms. The Balaban J connectivity index is 1.72. The number of nitrogens with zero attached hydrogens (tertiary/aromatic N) is 5. The van der Waals surface area contributed by atoms with Crippen LogP contribution in [0.4, 0.5) is 5.82 Å². The summed E-state index contributed by atoms with van der Waals surface area (Å²) in [4.78, 5) is 4.61. The molecule has 6 heteroatoms. The minimum Gasteiger partial charge on any atom is -0.361 e. The average Bonchev–Trinajstić information content (AvgIpc) is 3.33. The Kier molecular flexibility index (Phi) is 4.16. The van der Waals surface area contributed by atoms with E-state index in [4.69, 9.17) is 0 Å². The Morgan fingerprint density at radius 1 is 1.04 bits per heavy atom. The van der Waals surface area contributed by atoms with Gasteiger partial charge in [-0.05, 0) is 18.1 Å². The average molecular weight is 332 g/mol. The van der Waals surface area contributed by atoms with Crippen LogP contribution in [0.1, 0.15) is 24.2 Å². The molecular formula is C19H20N6. The zero-order valence-electron chi connectivity index (χ0n) is 14.1. The Morgan fingerprint density at radius 3 is 2.68 bits per heavy atom. The van der Waals surface area contributed by atoms with E-state index in [1.165, 1.54) is 5.56 Å². The summed E-state index contributed by atoms with van der Waals surface area (Å²) >= 11 is 0. The summed E-state index contributed by atoms with van der Waals surface area (Å²) in [6.07, 6.45) is 6.43. The van der Waals surface area contributed by atoms with Crippen molar-refractivity contribution >= 4 is 11.5 Å². The number of rotatable bonds is 6. The van der Waals surface area contributed by atoms with Gasteiger partial charge in [0.2, 0.25) is 0 Å². The van der Waals surface area contributed by atoms with E-state index in [2.05, 4.69) is 57.8 Å². The predicted molar refractivity (Wildman–Crippen MR) is 97.4 cm³/mol. The first kappa shape index (κ1) is 15.4. The molecule has 6 nitrogen and oxygen atoms in total. The van der Waals surface area contributed by atoms with Gasteiger partial charge in [0.25, 0.3) is 0 Å². The molecule has 1 atom stereocenters. The Labute approximate surface area is 146 Å². The molecule has 4 rings (SSSR count). The number of anilines is 1. The standard InChI is InChI=1S/C19H20N6/c1-2-16-13-19(25-18(22-16)9-11-21-25)23-17(14-24-12-6-10-20-24)15-7-4-3-5-8-15/h3-13,17,23H,2,14H2,1H3/t17-/m1/s1. The number of hydrogen-bond donors (Lipinski definition) is 1. The van der Waals surface area contributed by atoms with Crippen LogP contribution in [0.5, 0.6) is 0 Å². The Bertz CT molecular complexity index is 943. The van der Waals surface area contributed by atoms with E-state index in [1.54, 1.807) is 12.4 Å². The van der Waals surface area contributed by atoms with Crippen molar-refractivity contribution in [3.05, 3.63) is 78.4 Å². The van der Waals surface area contributed by atoms with Crippen molar-refractivity contribution in [3.63, 3.8) is 0 Å². The van der Waals surface area contributed by atoms with Crippen LogP contribution in [0.15, 0.2) is 67.1 Å². The second-order valence-electron chi connectivity index (χ2n) is 5.92. The number of nitrogens with one attached hydrogen (secondary N) is 1. The molecule has 4 aromatic rings. The van der Waals surface area contributed by atoms with E-state index in [9.17, 15) is 0 Å². The molecule has 0 unspecified atom stereocenters. The van der Waals surface area contributed by atoms with Crippen molar-refractivity contribution in [2.75, 3.05) is 5.32 Å². The van der Waals surface area contributed by atoms with E-state index in [0.717, 1.165) is 30.1 Å². The lowest BCUT2D eigenvalue weighted by molar-refractivity contribution is 0.548. The molecule has 3 aromatic heterocycles. The summed E-state index contributed by atoms with van der Waals surface area (Å²) in [7, 11) is 0. The van der Waals surface area contributed by atoms with Gasteiger partial charge in [-0.25, -0.2) is 4.98 Å². The molecule has 0 saturated carbocycles. The van der Waals surface area contributed by atoms with Crippen molar-refractivity contribution in [3.8, 4) is 0 Å². The van der Waals surface area contributed by atoms with E-state index in [1.807, 2.05) is 33.6 Å². The van der Waals surface area contributed by atoms with E-state index < -0.39 is 0 Å². The third-order valence-electron chi connectivity index (χ3n) is 4.23. The van der Waals surface area contributed by atoms with Crippen LogP contribution in [0.3, 0.4) is 0 Å². The summed E-state index contributed by atoms with van der Waals surface area (Å²) in [5.74, 6) is 0.938. The highest BCUT2D eigenvalue weighted by atomic mass is 15.3. The highest BCUT2D eigenvalue weighted by molar-refractivity contribution is 5.50. The Hall–Kier alpha value is -3.15.